The molecule has 0 radical (unpaired) electrons. The van der Waals surface area contributed by atoms with Gasteiger partial charge in [-0.25, -0.2) is 4.98 Å². The topological polar surface area (TPSA) is 27.1 Å². The minimum absolute atomic E-state index is 0.567. The summed E-state index contributed by atoms with van der Waals surface area (Å²) >= 11 is 0. The molecule has 0 N–H and O–H groups in total. The Bertz CT molecular complexity index is 792. The summed E-state index contributed by atoms with van der Waals surface area (Å²) in [5.74, 6) is 0. The summed E-state index contributed by atoms with van der Waals surface area (Å²) in [6, 6.07) is 30.8. The monoisotopic (exact) mass is 328 g/mol. The average Bonchev–Trinajstić information content (AvgIpc) is 3.23. The smallest absolute Gasteiger partial charge is 0.140 e. The van der Waals surface area contributed by atoms with Gasteiger partial charge in [0.2, 0.25) is 0 Å². The zero-order valence-corrected chi connectivity index (χ0v) is 13.9. The fraction of sp³-hybridized carbons (Fsp3) is 0.0455. The van der Waals surface area contributed by atoms with Crippen molar-refractivity contribution < 1.29 is 4.84 Å². The minimum Gasteiger partial charge on any atom is -0.408 e. The van der Waals surface area contributed by atoms with E-state index < -0.39 is 0 Å². The minimum atomic E-state index is 0.567. The highest BCUT2D eigenvalue weighted by Crippen LogP contribution is 2.17. The number of imidazole rings is 1. The molecule has 0 saturated heterocycles. The van der Waals surface area contributed by atoms with Gasteiger partial charge in [0.05, 0.1) is 6.20 Å². The fourth-order valence-electron chi connectivity index (χ4n) is 2.31. The Hall–Kier alpha value is -3.33. The van der Waals surface area contributed by atoms with Gasteiger partial charge in [-0.2, -0.15) is 4.73 Å². The molecule has 1 heterocycles. The normalized spacial score (nSPS) is 9.76. The van der Waals surface area contributed by atoms with Crippen LogP contribution in [-0.4, -0.2) is 9.71 Å². The zero-order chi connectivity index (χ0) is 17.2. The van der Waals surface area contributed by atoms with E-state index in [4.69, 9.17) is 4.84 Å². The van der Waals surface area contributed by atoms with E-state index in [1.807, 2.05) is 42.5 Å². The molecule has 0 atom stereocenters. The van der Waals surface area contributed by atoms with Gasteiger partial charge in [-0.15, -0.1) is 0 Å². The summed E-state index contributed by atoms with van der Waals surface area (Å²) in [5.41, 5.74) is 3.70. The van der Waals surface area contributed by atoms with Crippen molar-refractivity contribution in [3.63, 3.8) is 0 Å². The second-order valence-electron chi connectivity index (χ2n) is 5.41. The van der Waals surface area contributed by atoms with Crippen molar-refractivity contribution in [2.75, 3.05) is 0 Å². The van der Waals surface area contributed by atoms with Gasteiger partial charge in [0.15, 0.2) is 0 Å². The van der Waals surface area contributed by atoms with Crippen LogP contribution in [0.1, 0.15) is 5.56 Å². The summed E-state index contributed by atoms with van der Waals surface area (Å²) in [5, 5.41) is 0. The predicted octanol–water partition coefficient (Wildman–Crippen LogP) is 4.87. The first-order valence-electron chi connectivity index (χ1n) is 8.17. The van der Waals surface area contributed by atoms with Crippen LogP contribution in [0.15, 0.2) is 110 Å². The van der Waals surface area contributed by atoms with Crippen LogP contribution in [0.3, 0.4) is 0 Å². The molecular formula is C22H20N2O. The number of nitrogens with zero attached hydrogens (tertiary/aromatic N) is 2. The van der Waals surface area contributed by atoms with Crippen molar-refractivity contribution in [1.82, 2.24) is 9.71 Å². The van der Waals surface area contributed by atoms with Crippen molar-refractivity contribution in [1.29, 1.82) is 0 Å². The Kier molecular flexibility index (Phi) is 6.01. The number of rotatable bonds is 4. The molecule has 1 aromatic heterocycles. The third kappa shape index (κ3) is 5.36. The molecule has 0 aliphatic rings. The van der Waals surface area contributed by atoms with Gasteiger partial charge in [-0.1, -0.05) is 91.0 Å². The molecular weight excluding hydrogens is 308 g/mol. The van der Waals surface area contributed by atoms with E-state index in [0.29, 0.717) is 6.61 Å². The van der Waals surface area contributed by atoms with Crippen LogP contribution in [-0.2, 0) is 6.61 Å². The average molecular weight is 328 g/mol. The van der Waals surface area contributed by atoms with E-state index in [2.05, 4.69) is 53.5 Å². The summed E-state index contributed by atoms with van der Waals surface area (Å²) in [7, 11) is 0. The van der Waals surface area contributed by atoms with Gasteiger partial charge < -0.3 is 4.84 Å². The van der Waals surface area contributed by atoms with Crippen LogP contribution >= 0.6 is 0 Å². The number of aromatic nitrogens is 2. The SMILES string of the molecule is c1ccc(-c2ccccc2)cc1.c1ccc(COn2ccnc2)cc1. The standard InChI is InChI=1S/C12H10.C10H10N2O/c1-3-7-11(8-4-1)12-9-5-2-6-10-12;1-2-4-10(5-3-1)8-13-12-7-6-11-9-12/h1-10H;1-7,9H,8H2. The van der Waals surface area contributed by atoms with Crippen molar-refractivity contribution in [3.05, 3.63) is 115 Å². The van der Waals surface area contributed by atoms with Crippen LogP contribution in [0.5, 0.6) is 0 Å². The van der Waals surface area contributed by atoms with Gasteiger partial charge in [0.25, 0.3) is 0 Å². The van der Waals surface area contributed by atoms with Crippen LogP contribution < -0.4 is 4.84 Å². The predicted molar refractivity (Wildman–Crippen MR) is 101 cm³/mol. The number of hydrogen-bond donors (Lipinski definition) is 0. The van der Waals surface area contributed by atoms with E-state index >= 15 is 0 Å². The van der Waals surface area contributed by atoms with E-state index in [-0.39, 0.29) is 0 Å². The lowest BCUT2D eigenvalue weighted by Gasteiger charge is -2.04. The lowest BCUT2D eigenvalue weighted by Crippen LogP contribution is -2.08. The molecule has 3 aromatic carbocycles. The Labute approximate surface area is 148 Å². The molecule has 3 heteroatoms. The molecule has 4 aromatic rings. The van der Waals surface area contributed by atoms with Crippen LogP contribution in [0.4, 0.5) is 0 Å². The molecule has 124 valence electrons. The lowest BCUT2D eigenvalue weighted by atomic mass is 10.1. The highest BCUT2D eigenvalue weighted by Gasteiger charge is 1.92. The molecule has 0 unspecified atom stereocenters. The number of benzene rings is 3. The molecule has 25 heavy (non-hydrogen) atoms. The maximum atomic E-state index is 5.39. The van der Waals surface area contributed by atoms with Crippen molar-refractivity contribution in [2.45, 2.75) is 6.61 Å². The first-order chi connectivity index (χ1) is 12.4. The molecule has 0 amide bonds. The summed E-state index contributed by atoms with van der Waals surface area (Å²) in [6.45, 7) is 0.567. The Balaban J connectivity index is 0.000000146. The fourth-order valence-corrected chi connectivity index (χ4v) is 2.31. The molecule has 0 aliphatic heterocycles. The van der Waals surface area contributed by atoms with Gasteiger partial charge >= 0.3 is 0 Å². The zero-order valence-electron chi connectivity index (χ0n) is 13.9. The van der Waals surface area contributed by atoms with Crippen molar-refractivity contribution in [3.8, 4) is 11.1 Å². The Morgan fingerprint density at radius 3 is 1.68 bits per heavy atom. The molecule has 0 spiro atoms. The van der Waals surface area contributed by atoms with Gasteiger partial charge in [0, 0.05) is 6.20 Å². The van der Waals surface area contributed by atoms with E-state index in [1.54, 1.807) is 23.5 Å². The molecule has 0 fully saturated rings. The maximum Gasteiger partial charge on any atom is 0.140 e. The van der Waals surface area contributed by atoms with Crippen LogP contribution in [0, 0.1) is 0 Å². The van der Waals surface area contributed by atoms with Gasteiger partial charge in [-0.3, -0.25) is 0 Å². The quantitative estimate of drug-likeness (QED) is 0.534. The molecule has 3 nitrogen and oxygen atoms in total. The molecule has 4 rings (SSSR count). The molecule has 0 aliphatic carbocycles. The first-order valence-corrected chi connectivity index (χ1v) is 8.17. The van der Waals surface area contributed by atoms with Crippen molar-refractivity contribution in [2.24, 2.45) is 0 Å². The van der Waals surface area contributed by atoms with E-state index in [0.717, 1.165) is 5.56 Å². The van der Waals surface area contributed by atoms with E-state index in [1.165, 1.54) is 11.1 Å². The van der Waals surface area contributed by atoms with Crippen LogP contribution in [0.25, 0.3) is 11.1 Å². The highest BCUT2D eigenvalue weighted by atomic mass is 16.7. The Morgan fingerprint density at radius 2 is 1.20 bits per heavy atom. The van der Waals surface area contributed by atoms with Crippen molar-refractivity contribution >= 4 is 0 Å². The summed E-state index contributed by atoms with van der Waals surface area (Å²) in [4.78, 5) is 9.26. The summed E-state index contributed by atoms with van der Waals surface area (Å²) in [6.07, 6.45) is 5.08. The first kappa shape index (κ1) is 16.5. The molecule has 0 bridgehead atoms. The highest BCUT2D eigenvalue weighted by molar-refractivity contribution is 5.62. The Morgan fingerprint density at radius 1 is 0.680 bits per heavy atom. The van der Waals surface area contributed by atoms with Crippen LogP contribution in [0.2, 0.25) is 0 Å². The largest absolute Gasteiger partial charge is 0.408 e. The third-order valence-corrected chi connectivity index (χ3v) is 3.58. The second-order valence-corrected chi connectivity index (χ2v) is 5.41. The van der Waals surface area contributed by atoms with E-state index in [9.17, 15) is 0 Å². The maximum absolute atomic E-state index is 5.39. The molecule has 0 saturated carbocycles. The third-order valence-electron chi connectivity index (χ3n) is 3.58. The lowest BCUT2D eigenvalue weighted by molar-refractivity contribution is 0.0969. The summed E-state index contributed by atoms with van der Waals surface area (Å²) < 4.78 is 1.59. The second kappa shape index (κ2) is 9.08. The van der Waals surface area contributed by atoms with Gasteiger partial charge in [0.1, 0.15) is 12.9 Å². The van der Waals surface area contributed by atoms with Gasteiger partial charge in [-0.05, 0) is 16.7 Å². The number of hydrogen-bond acceptors (Lipinski definition) is 2.